The van der Waals surface area contributed by atoms with Crippen molar-refractivity contribution in [3.63, 3.8) is 0 Å². The largest absolute Gasteiger partial charge is 0.466 e. The van der Waals surface area contributed by atoms with Gasteiger partial charge in [0, 0.05) is 5.39 Å². The predicted molar refractivity (Wildman–Crippen MR) is 131 cm³/mol. The first-order valence-electron chi connectivity index (χ1n) is 11.5. The highest BCUT2D eigenvalue weighted by Gasteiger charge is 2.37. The van der Waals surface area contributed by atoms with Gasteiger partial charge >= 0.3 is 12.6 Å². The molecular weight excluding hydrogens is 476 g/mol. The smallest absolute Gasteiger partial charge is 0.387 e. The number of fused-ring (bicyclic) bond motifs is 2. The third kappa shape index (κ3) is 4.96. The van der Waals surface area contributed by atoms with Gasteiger partial charge in [-0.1, -0.05) is 55.8 Å². The molecule has 0 aromatic heterocycles. The van der Waals surface area contributed by atoms with Crippen LogP contribution in [0.25, 0.3) is 10.8 Å². The Kier molecular flexibility index (Phi) is 7.26. The molecule has 1 aliphatic heterocycles. The molecule has 0 bridgehead atoms. The van der Waals surface area contributed by atoms with E-state index in [1.54, 1.807) is 37.3 Å². The van der Waals surface area contributed by atoms with Gasteiger partial charge in [-0.3, -0.25) is 9.59 Å². The fraction of sp³-hybridized carbons (Fsp3) is 0.333. The van der Waals surface area contributed by atoms with E-state index in [1.807, 2.05) is 12.1 Å². The highest BCUT2D eigenvalue weighted by Crippen LogP contribution is 2.44. The van der Waals surface area contributed by atoms with E-state index in [-0.39, 0.29) is 47.8 Å². The fourth-order valence-electron chi connectivity index (χ4n) is 4.60. The summed E-state index contributed by atoms with van der Waals surface area (Å²) in [5.74, 6) is -0.661. The Bertz CT molecular complexity index is 1290. The maximum atomic E-state index is 13.6. The van der Waals surface area contributed by atoms with Crippen LogP contribution in [0.2, 0.25) is 5.02 Å². The molecule has 0 aliphatic carbocycles. The van der Waals surface area contributed by atoms with Crippen LogP contribution >= 0.6 is 11.6 Å². The van der Waals surface area contributed by atoms with Crippen molar-refractivity contribution >= 4 is 39.9 Å². The lowest BCUT2D eigenvalue weighted by molar-refractivity contribution is -0.142. The quantitative estimate of drug-likeness (QED) is 0.328. The number of amides is 1. The van der Waals surface area contributed by atoms with Gasteiger partial charge in [-0.05, 0) is 53.5 Å². The number of hydrogen-bond donors (Lipinski definition) is 0. The molecule has 3 aromatic rings. The van der Waals surface area contributed by atoms with Crippen LogP contribution in [-0.4, -0.2) is 25.1 Å². The van der Waals surface area contributed by atoms with Gasteiger partial charge in [-0.25, -0.2) is 0 Å². The average molecular weight is 502 g/mol. The number of carbonyl (C=O) groups excluding carboxylic acids is 2. The summed E-state index contributed by atoms with van der Waals surface area (Å²) < 4.78 is 36.8. The van der Waals surface area contributed by atoms with Crippen LogP contribution in [0.15, 0.2) is 42.5 Å². The van der Waals surface area contributed by atoms with E-state index in [1.165, 1.54) is 4.90 Å². The monoisotopic (exact) mass is 501 g/mol. The molecule has 0 N–H and O–H groups in total. The van der Waals surface area contributed by atoms with Crippen molar-refractivity contribution in [2.45, 2.75) is 46.8 Å². The van der Waals surface area contributed by atoms with E-state index in [4.69, 9.17) is 21.1 Å². The summed E-state index contributed by atoms with van der Waals surface area (Å²) in [6.07, 6.45) is 0.726. The van der Waals surface area contributed by atoms with Crippen molar-refractivity contribution in [2.75, 3.05) is 11.5 Å². The minimum atomic E-state index is -3.08. The number of ether oxygens (including phenoxy) is 2. The van der Waals surface area contributed by atoms with E-state index in [2.05, 4.69) is 13.8 Å². The Morgan fingerprint density at radius 2 is 1.86 bits per heavy atom. The Labute approximate surface area is 207 Å². The van der Waals surface area contributed by atoms with E-state index in [9.17, 15) is 18.4 Å². The molecule has 1 amide bonds. The molecule has 0 saturated heterocycles. The van der Waals surface area contributed by atoms with Crippen molar-refractivity contribution < 1.29 is 27.8 Å². The Morgan fingerprint density at radius 1 is 1.14 bits per heavy atom. The maximum Gasteiger partial charge on any atom is 0.387 e. The molecule has 0 radical (unpaired) electrons. The molecule has 0 atom stereocenters. The lowest BCUT2D eigenvalue weighted by Gasteiger charge is -2.18. The third-order valence-electron chi connectivity index (χ3n) is 5.94. The minimum Gasteiger partial charge on any atom is -0.466 e. The molecule has 0 saturated carbocycles. The van der Waals surface area contributed by atoms with E-state index >= 15 is 0 Å². The third-order valence-corrected chi connectivity index (χ3v) is 6.24. The van der Waals surface area contributed by atoms with Crippen molar-refractivity contribution in [3.8, 4) is 5.75 Å². The van der Waals surface area contributed by atoms with Gasteiger partial charge in [0.2, 0.25) is 0 Å². The summed E-state index contributed by atoms with van der Waals surface area (Å²) in [6, 6.07) is 12.1. The Balaban J connectivity index is 1.81. The highest BCUT2D eigenvalue weighted by molar-refractivity contribution is 6.34. The summed E-state index contributed by atoms with van der Waals surface area (Å²) in [5, 5.41) is 1.55. The Hall–Kier alpha value is -3.19. The predicted octanol–water partition coefficient (Wildman–Crippen LogP) is 6.56. The van der Waals surface area contributed by atoms with E-state index in [0.717, 1.165) is 10.9 Å². The average Bonchev–Trinajstić information content (AvgIpc) is 3.12. The van der Waals surface area contributed by atoms with Crippen molar-refractivity contribution in [2.24, 2.45) is 5.92 Å². The summed E-state index contributed by atoms with van der Waals surface area (Å²) >= 11 is 6.53. The van der Waals surface area contributed by atoms with Crippen molar-refractivity contribution in [1.82, 2.24) is 0 Å². The second kappa shape index (κ2) is 10.2. The van der Waals surface area contributed by atoms with Gasteiger partial charge in [-0.15, -0.1) is 0 Å². The second-order valence-electron chi connectivity index (χ2n) is 8.84. The molecule has 0 unspecified atom stereocenters. The SMILES string of the molecule is CCOC(=O)Cc1ccc(N2Cc3c(c(OC(F)F)c4ccccc4c3CC(C)C)C2=O)c(Cl)c1. The van der Waals surface area contributed by atoms with Gasteiger partial charge in [0.1, 0.15) is 5.75 Å². The minimum absolute atomic E-state index is 0.0539. The van der Waals surface area contributed by atoms with Gasteiger partial charge in [-0.2, -0.15) is 8.78 Å². The number of alkyl halides is 2. The Morgan fingerprint density at radius 3 is 2.49 bits per heavy atom. The number of nitrogens with zero attached hydrogens (tertiary/aromatic N) is 1. The molecule has 184 valence electrons. The van der Waals surface area contributed by atoms with Crippen LogP contribution in [0.3, 0.4) is 0 Å². The van der Waals surface area contributed by atoms with Crippen LogP contribution in [0.1, 0.15) is 47.8 Å². The number of anilines is 1. The zero-order valence-electron chi connectivity index (χ0n) is 19.7. The van der Waals surface area contributed by atoms with Crippen LogP contribution < -0.4 is 9.64 Å². The van der Waals surface area contributed by atoms with Gasteiger partial charge in [0.15, 0.2) is 0 Å². The first-order chi connectivity index (χ1) is 16.7. The number of hydrogen-bond acceptors (Lipinski definition) is 4. The zero-order chi connectivity index (χ0) is 25.3. The molecule has 1 aliphatic rings. The molecule has 4 rings (SSSR count). The van der Waals surface area contributed by atoms with Crippen molar-refractivity contribution in [1.29, 1.82) is 0 Å². The summed E-state index contributed by atoms with van der Waals surface area (Å²) in [7, 11) is 0. The lowest BCUT2D eigenvalue weighted by atomic mass is 9.89. The fourth-order valence-corrected chi connectivity index (χ4v) is 4.91. The van der Waals surface area contributed by atoms with E-state index < -0.39 is 12.5 Å². The molecule has 0 spiro atoms. The molecule has 3 aromatic carbocycles. The normalized spacial score (nSPS) is 13.1. The van der Waals surface area contributed by atoms with E-state index in [0.29, 0.717) is 28.6 Å². The summed E-state index contributed by atoms with van der Waals surface area (Å²) in [6.45, 7) is 3.25. The number of esters is 1. The molecule has 8 heteroatoms. The summed E-state index contributed by atoms with van der Waals surface area (Å²) in [4.78, 5) is 27.0. The number of halogens is 3. The van der Waals surface area contributed by atoms with Crippen molar-refractivity contribution in [3.05, 3.63) is 69.7 Å². The topological polar surface area (TPSA) is 55.8 Å². The highest BCUT2D eigenvalue weighted by atomic mass is 35.5. The molecule has 0 fully saturated rings. The molecule has 1 heterocycles. The van der Waals surface area contributed by atoms with Gasteiger partial charge in [0.05, 0.1) is 35.8 Å². The van der Waals surface area contributed by atoms with Crippen LogP contribution in [0, 0.1) is 5.92 Å². The lowest BCUT2D eigenvalue weighted by Crippen LogP contribution is -2.24. The van der Waals surface area contributed by atoms with Crippen LogP contribution in [0.4, 0.5) is 14.5 Å². The zero-order valence-corrected chi connectivity index (χ0v) is 20.5. The maximum absolute atomic E-state index is 13.6. The standard InChI is InChI=1S/C27H26ClF2NO4/c1-4-34-23(32)13-16-9-10-22(21(28)12-16)31-14-20-19(11-15(2)3)17-7-5-6-8-18(17)25(35-27(29)30)24(20)26(31)33/h5-10,12,15,27H,4,11,13-14H2,1-3H3. The molecule has 5 nitrogen and oxygen atoms in total. The number of rotatable bonds is 8. The van der Waals surface area contributed by atoms with Crippen LogP contribution in [-0.2, 0) is 28.9 Å². The van der Waals surface area contributed by atoms with Gasteiger partial charge in [0.25, 0.3) is 5.91 Å². The first kappa shape index (κ1) is 24.9. The number of carbonyl (C=O) groups is 2. The van der Waals surface area contributed by atoms with Gasteiger partial charge < -0.3 is 14.4 Å². The molecule has 35 heavy (non-hydrogen) atoms. The molecular formula is C27H26ClF2NO4. The second-order valence-corrected chi connectivity index (χ2v) is 9.25. The van der Waals surface area contributed by atoms with Crippen LogP contribution in [0.5, 0.6) is 5.75 Å². The summed E-state index contributed by atoms with van der Waals surface area (Å²) in [5.41, 5.74) is 2.84. The number of benzene rings is 3. The first-order valence-corrected chi connectivity index (χ1v) is 11.9.